The summed E-state index contributed by atoms with van der Waals surface area (Å²) in [6.07, 6.45) is 1.70. The predicted octanol–water partition coefficient (Wildman–Crippen LogP) is 3.67. The quantitative estimate of drug-likeness (QED) is 0.399. The van der Waals surface area contributed by atoms with Gasteiger partial charge in [0.15, 0.2) is 6.61 Å². The molecule has 3 rings (SSSR count). The number of ether oxygens (including phenoxy) is 1. The highest BCUT2D eigenvalue weighted by Gasteiger charge is 2.17. The number of nitro groups is 1. The Balaban J connectivity index is 1.68. The Kier molecular flexibility index (Phi) is 5.39. The van der Waals surface area contributed by atoms with Gasteiger partial charge < -0.3 is 14.6 Å². The average Bonchev–Trinajstić information content (AvgIpc) is 3.06. The van der Waals surface area contributed by atoms with E-state index in [0.717, 1.165) is 10.9 Å². The molecule has 28 heavy (non-hydrogen) atoms. The molecule has 0 radical (unpaired) electrons. The van der Waals surface area contributed by atoms with Crippen LogP contribution in [0.1, 0.15) is 22.8 Å². The molecule has 0 aliphatic rings. The molecule has 144 valence electrons. The normalized spacial score (nSPS) is 10.6. The maximum Gasteiger partial charge on any atom is 0.340 e. The summed E-state index contributed by atoms with van der Waals surface area (Å²) in [7, 11) is 0. The topological polar surface area (TPSA) is 103 Å². The zero-order valence-corrected chi connectivity index (χ0v) is 15.5. The Morgan fingerprint density at radius 2 is 1.96 bits per heavy atom. The molecule has 0 aliphatic carbocycles. The molecule has 0 bridgehead atoms. The third kappa shape index (κ3) is 3.85. The maximum absolute atomic E-state index is 12.4. The Morgan fingerprint density at radius 3 is 2.68 bits per heavy atom. The molecule has 1 aromatic heterocycles. The molecule has 0 fully saturated rings. The van der Waals surface area contributed by atoms with Crippen molar-refractivity contribution in [2.45, 2.75) is 20.4 Å². The molecule has 0 unspecified atom stereocenters. The van der Waals surface area contributed by atoms with Crippen LogP contribution in [0.4, 0.5) is 11.4 Å². The van der Waals surface area contributed by atoms with E-state index in [0.29, 0.717) is 17.7 Å². The minimum Gasteiger partial charge on any atom is -0.452 e. The fraction of sp³-hybridized carbons (Fsp3) is 0.200. The fourth-order valence-corrected chi connectivity index (χ4v) is 2.96. The Hall–Kier alpha value is -3.68. The molecule has 0 saturated heterocycles. The zero-order valence-electron chi connectivity index (χ0n) is 15.5. The first-order chi connectivity index (χ1) is 13.4. The highest BCUT2D eigenvalue weighted by molar-refractivity contribution is 6.05. The number of para-hydroxylation sites is 1. The summed E-state index contributed by atoms with van der Waals surface area (Å²) < 4.78 is 7.06. The summed E-state index contributed by atoms with van der Waals surface area (Å²) in [5, 5.41) is 14.2. The van der Waals surface area contributed by atoms with Crippen molar-refractivity contribution in [1.82, 2.24) is 4.57 Å². The molecule has 1 N–H and O–H groups in total. The molecule has 0 atom stereocenters. The molecule has 1 amide bonds. The highest BCUT2D eigenvalue weighted by atomic mass is 16.6. The van der Waals surface area contributed by atoms with Crippen molar-refractivity contribution < 1.29 is 19.2 Å². The molecule has 3 aromatic rings. The second kappa shape index (κ2) is 7.91. The average molecular weight is 381 g/mol. The highest BCUT2D eigenvalue weighted by Crippen LogP contribution is 2.23. The number of esters is 1. The Bertz CT molecular complexity index is 1070. The monoisotopic (exact) mass is 381 g/mol. The van der Waals surface area contributed by atoms with E-state index in [1.807, 2.05) is 35.8 Å². The molecule has 8 heteroatoms. The van der Waals surface area contributed by atoms with Crippen molar-refractivity contribution in [3.8, 4) is 0 Å². The van der Waals surface area contributed by atoms with Gasteiger partial charge in [-0.05, 0) is 26.0 Å². The van der Waals surface area contributed by atoms with Crippen molar-refractivity contribution in [1.29, 1.82) is 0 Å². The number of carbonyl (C=O) groups excluding carboxylic acids is 2. The van der Waals surface area contributed by atoms with Crippen LogP contribution in [0.2, 0.25) is 0 Å². The van der Waals surface area contributed by atoms with E-state index >= 15 is 0 Å². The first kappa shape index (κ1) is 19.1. The lowest BCUT2D eigenvalue weighted by molar-refractivity contribution is -0.385. The Labute approximate surface area is 160 Å². The summed E-state index contributed by atoms with van der Waals surface area (Å²) in [6.45, 7) is 3.78. The van der Waals surface area contributed by atoms with E-state index in [2.05, 4.69) is 5.32 Å². The van der Waals surface area contributed by atoms with Crippen LogP contribution in [0.5, 0.6) is 0 Å². The SMILES string of the molecule is CCn1cc(C(=O)OCC(=O)Nc2ccc(C)c([N+](=O)[O-])c2)c2ccccc21. The zero-order chi connectivity index (χ0) is 20.3. The number of aromatic nitrogens is 1. The van der Waals surface area contributed by atoms with Crippen LogP contribution in [0.3, 0.4) is 0 Å². The third-order valence-corrected chi connectivity index (χ3v) is 4.37. The second-order valence-electron chi connectivity index (χ2n) is 6.23. The van der Waals surface area contributed by atoms with E-state index in [-0.39, 0.29) is 11.4 Å². The number of rotatable bonds is 6. The van der Waals surface area contributed by atoms with E-state index in [1.165, 1.54) is 6.07 Å². The fourth-order valence-electron chi connectivity index (χ4n) is 2.96. The molecule has 2 aromatic carbocycles. The number of nitrogens with zero attached hydrogens (tertiary/aromatic N) is 2. The van der Waals surface area contributed by atoms with Gasteiger partial charge in [0.25, 0.3) is 11.6 Å². The number of nitro benzene ring substituents is 1. The second-order valence-corrected chi connectivity index (χ2v) is 6.23. The van der Waals surface area contributed by atoms with E-state index in [9.17, 15) is 19.7 Å². The molecule has 8 nitrogen and oxygen atoms in total. The molecule has 0 spiro atoms. The number of fused-ring (bicyclic) bond motifs is 1. The van der Waals surface area contributed by atoms with Gasteiger partial charge >= 0.3 is 5.97 Å². The van der Waals surface area contributed by atoms with E-state index in [1.54, 1.807) is 25.3 Å². The maximum atomic E-state index is 12.4. The summed E-state index contributed by atoms with van der Waals surface area (Å²) in [6, 6.07) is 11.8. The lowest BCUT2D eigenvalue weighted by Crippen LogP contribution is -2.21. The van der Waals surface area contributed by atoms with Gasteiger partial charge in [-0.1, -0.05) is 24.3 Å². The number of benzene rings is 2. The van der Waals surface area contributed by atoms with Crippen molar-refractivity contribution >= 4 is 34.2 Å². The standard InChI is InChI=1S/C20H19N3O5/c1-3-22-11-16(15-6-4-5-7-17(15)22)20(25)28-12-19(24)21-14-9-8-13(2)18(10-14)23(26)27/h4-11H,3,12H2,1-2H3,(H,21,24). The van der Waals surface area contributed by atoms with E-state index in [4.69, 9.17) is 4.74 Å². The van der Waals surface area contributed by atoms with Gasteiger partial charge in [0.2, 0.25) is 0 Å². The Morgan fingerprint density at radius 1 is 1.21 bits per heavy atom. The van der Waals surface area contributed by atoms with Gasteiger partial charge in [0.1, 0.15) is 0 Å². The van der Waals surface area contributed by atoms with Gasteiger partial charge in [-0.25, -0.2) is 4.79 Å². The number of nitrogens with one attached hydrogen (secondary N) is 1. The first-order valence-electron chi connectivity index (χ1n) is 8.70. The molecule has 1 heterocycles. The molecule has 0 saturated carbocycles. The van der Waals surface area contributed by atoms with Gasteiger partial charge in [-0.2, -0.15) is 0 Å². The number of hydrogen-bond acceptors (Lipinski definition) is 5. The van der Waals surface area contributed by atoms with Crippen molar-refractivity contribution in [2.24, 2.45) is 0 Å². The third-order valence-electron chi connectivity index (χ3n) is 4.37. The van der Waals surface area contributed by atoms with Crippen LogP contribution in [0.25, 0.3) is 10.9 Å². The molecule has 0 aliphatic heterocycles. The molecular weight excluding hydrogens is 362 g/mol. The van der Waals surface area contributed by atoms with Crippen LogP contribution < -0.4 is 5.32 Å². The summed E-state index contributed by atoms with van der Waals surface area (Å²) >= 11 is 0. The number of carbonyl (C=O) groups is 2. The summed E-state index contributed by atoms with van der Waals surface area (Å²) in [5.74, 6) is -1.18. The predicted molar refractivity (Wildman–Crippen MR) is 104 cm³/mol. The van der Waals surface area contributed by atoms with Gasteiger partial charge in [-0.3, -0.25) is 14.9 Å². The number of amides is 1. The summed E-state index contributed by atoms with van der Waals surface area (Å²) in [4.78, 5) is 35.0. The lowest BCUT2D eigenvalue weighted by atomic mass is 10.2. The minimum atomic E-state index is -0.603. The largest absolute Gasteiger partial charge is 0.452 e. The number of hydrogen-bond donors (Lipinski definition) is 1. The number of aryl methyl sites for hydroxylation is 2. The van der Waals surface area contributed by atoms with Crippen molar-refractivity contribution in [2.75, 3.05) is 11.9 Å². The number of anilines is 1. The van der Waals surface area contributed by atoms with Crippen LogP contribution in [0, 0.1) is 17.0 Å². The summed E-state index contributed by atoms with van der Waals surface area (Å²) in [5.41, 5.74) is 1.95. The van der Waals surface area contributed by atoms with Gasteiger partial charge in [0.05, 0.1) is 10.5 Å². The molecular formula is C20H19N3O5. The smallest absolute Gasteiger partial charge is 0.340 e. The first-order valence-corrected chi connectivity index (χ1v) is 8.70. The van der Waals surface area contributed by atoms with Gasteiger partial charge in [-0.15, -0.1) is 0 Å². The van der Waals surface area contributed by atoms with Crippen LogP contribution in [-0.4, -0.2) is 28.0 Å². The van der Waals surface area contributed by atoms with Crippen molar-refractivity contribution in [3.05, 3.63) is 69.9 Å². The van der Waals surface area contributed by atoms with E-state index < -0.39 is 23.4 Å². The van der Waals surface area contributed by atoms with Crippen molar-refractivity contribution in [3.63, 3.8) is 0 Å². The van der Waals surface area contributed by atoms with Crippen LogP contribution in [-0.2, 0) is 16.1 Å². The lowest BCUT2D eigenvalue weighted by Gasteiger charge is -2.07. The van der Waals surface area contributed by atoms with Crippen LogP contribution in [0.15, 0.2) is 48.7 Å². The van der Waals surface area contributed by atoms with Gasteiger partial charge in [0, 0.05) is 41.0 Å². The minimum absolute atomic E-state index is 0.0952. The van der Waals surface area contributed by atoms with Crippen LogP contribution >= 0.6 is 0 Å².